The fourth-order valence-electron chi connectivity index (χ4n) is 0.672. The van der Waals surface area contributed by atoms with Crippen LogP contribution in [0.5, 0.6) is 0 Å². The van der Waals surface area contributed by atoms with Gasteiger partial charge in [-0.3, -0.25) is 0 Å². The first-order valence-corrected chi connectivity index (χ1v) is 4.81. The van der Waals surface area contributed by atoms with Crippen LogP contribution in [0.1, 0.15) is 5.82 Å². The third-order valence-corrected chi connectivity index (χ3v) is 1.88. The van der Waals surface area contributed by atoms with Gasteiger partial charge in [-0.15, -0.1) is 3.89 Å². The molecule has 0 N–H and O–H groups in total. The van der Waals surface area contributed by atoms with Crippen LogP contribution in [0, 0.1) is 0 Å². The molecule has 0 saturated heterocycles. The maximum atomic E-state index is 12.0. The molecule has 0 spiro atoms. The quantitative estimate of drug-likeness (QED) is 0.644. The SMILES string of the molecule is O=S(=O)(F)CCc1ncccn1. The van der Waals surface area contributed by atoms with E-state index in [1.807, 2.05) is 0 Å². The topological polar surface area (TPSA) is 59.9 Å². The van der Waals surface area contributed by atoms with Gasteiger partial charge in [0, 0.05) is 18.8 Å². The Morgan fingerprint density at radius 1 is 1.33 bits per heavy atom. The van der Waals surface area contributed by atoms with E-state index in [1.54, 1.807) is 6.07 Å². The van der Waals surface area contributed by atoms with Gasteiger partial charge in [-0.1, -0.05) is 0 Å². The Morgan fingerprint density at radius 3 is 2.42 bits per heavy atom. The first-order valence-electron chi connectivity index (χ1n) is 3.26. The molecule has 0 aliphatic carbocycles. The molecule has 4 nitrogen and oxygen atoms in total. The molecule has 1 rings (SSSR count). The molecule has 0 fully saturated rings. The Balaban J connectivity index is 2.56. The summed E-state index contributed by atoms with van der Waals surface area (Å²) in [4.78, 5) is 7.48. The molecule has 0 aliphatic heterocycles. The van der Waals surface area contributed by atoms with Crippen LogP contribution in [0.3, 0.4) is 0 Å². The number of aromatic nitrogens is 2. The minimum Gasteiger partial charge on any atom is -0.241 e. The summed E-state index contributed by atoms with van der Waals surface area (Å²) in [6, 6.07) is 1.60. The van der Waals surface area contributed by atoms with Crippen molar-refractivity contribution in [2.75, 3.05) is 5.75 Å². The number of nitrogens with zero attached hydrogens (tertiary/aromatic N) is 2. The lowest BCUT2D eigenvalue weighted by atomic mass is 10.4. The summed E-state index contributed by atoms with van der Waals surface area (Å²) in [5.41, 5.74) is 0. The smallest absolute Gasteiger partial charge is 0.241 e. The van der Waals surface area contributed by atoms with Crippen molar-refractivity contribution in [2.45, 2.75) is 6.42 Å². The zero-order valence-electron chi connectivity index (χ0n) is 6.14. The van der Waals surface area contributed by atoms with E-state index in [0.717, 1.165) is 0 Å². The maximum absolute atomic E-state index is 12.0. The van der Waals surface area contributed by atoms with Crippen molar-refractivity contribution in [1.29, 1.82) is 0 Å². The van der Waals surface area contributed by atoms with Gasteiger partial charge in [0.05, 0.1) is 5.75 Å². The van der Waals surface area contributed by atoms with Gasteiger partial charge in [0.25, 0.3) is 0 Å². The molecular weight excluding hydrogens is 183 g/mol. The summed E-state index contributed by atoms with van der Waals surface area (Å²) in [5.74, 6) is -0.226. The lowest BCUT2D eigenvalue weighted by Gasteiger charge is -1.94. The molecule has 0 aliphatic rings. The van der Waals surface area contributed by atoms with Crippen LogP contribution >= 0.6 is 0 Å². The highest BCUT2D eigenvalue weighted by atomic mass is 32.3. The Kier molecular flexibility index (Phi) is 2.69. The molecule has 66 valence electrons. The standard InChI is InChI=1S/C6H7FN2O2S/c7-12(10,11)5-2-6-8-3-1-4-9-6/h1,3-4H,2,5H2. The van der Waals surface area contributed by atoms with Crippen LogP contribution in [-0.2, 0) is 16.6 Å². The van der Waals surface area contributed by atoms with E-state index in [0.29, 0.717) is 5.82 Å². The van der Waals surface area contributed by atoms with Gasteiger partial charge in [-0.2, -0.15) is 8.42 Å². The average Bonchev–Trinajstić information content (AvgIpc) is 2.02. The molecular formula is C6H7FN2O2S. The minimum atomic E-state index is -4.40. The summed E-state index contributed by atoms with van der Waals surface area (Å²) in [6.07, 6.45) is 2.97. The summed E-state index contributed by atoms with van der Waals surface area (Å²) >= 11 is 0. The van der Waals surface area contributed by atoms with Crippen molar-refractivity contribution in [3.05, 3.63) is 24.3 Å². The van der Waals surface area contributed by atoms with Crippen LogP contribution in [0.15, 0.2) is 18.5 Å². The molecule has 12 heavy (non-hydrogen) atoms. The summed E-state index contributed by atoms with van der Waals surface area (Å²) in [5, 5.41) is 0. The highest BCUT2D eigenvalue weighted by Crippen LogP contribution is 1.96. The average molecular weight is 190 g/mol. The lowest BCUT2D eigenvalue weighted by Crippen LogP contribution is -2.04. The van der Waals surface area contributed by atoms with Gasteiger partial charge in [-0.05, 0) is 6.07 Å². The third-order valence-electron chi connectivity index (χ3n) is 1.19. The van der Waals surface area contributed by atoms with Crippen molar-refractivity contribution in [1.82, 2.24) is 9.97 Å². The van der Waals surface area contributed by atoms with E-state index in [4.69, 9.17) is 0 Å². The van der Waals surface area contributed by atoms with Gasteiger partial charge < -0.3 is 0 Å². The molecule has 0 amide bonds. The summed E-state index contributed by atoms with van der Waals surface area (Å²) in [7, 11) is -4.40. The molecule has 1 heterocycles. The molecule has 0 atom stereocenters. The van der Waals surface area contributed by atoms with E-state index in [-0.39, 0.29) is 6.42 Å². The van der Waals surface area contributed by atoms with Gasteiger partial charge in [0.2, 0.25) is 0 Å². The molecule has 0 bridgehead atoms. The molecule has 0 radical (unpaired) electrons. The fourth-order valence-corrected chi connectivity index (χ4v) is 1.10. The Bertz CT molecular complexity index is 338. The Labute approximate surface area is 69.7 Å². The maximum Gasteiger partial charge on any atom is 0.302 e. The van der Waals surface area contributed by atoms with E-state index in [1.165, 1.54) is 12.4 Å². The molecule has 1 aromatic rings. The van der Waals surface area contributed by atoms with Crippen molar-refractivity contribution < 1.29 is 12.3 Å². The number of aryl methyl sites for hydroxylation is 1. The van der Waals surface area contributed by atoms with Crippen molar-refractivity contribution in [3.63, 3.8) is 0 Å². The highest BCUT2D eigenvalue weighted by Gasteiger charge is 2.07. The highest BCUT2D eigenvalue weighted by molar-refractivity contribution is 7.86. The van der Waals surface area contributed by atoms with Crippen LogP contribution in [0.25, 0.3) is 0 Å². The summed E-state index contributed by atoms with van der Waals surface area (Å²) < 4.78 is 32.2. The van der Waals surface area contributed by atoms with Crippen molar-refractivity contribution in [2.24, 2.45) is 0 Å². The number of rotatable bonds is 3. The largest absolute Gasteiger partial charge is 0.302 e. The molecule has 0 unspecified atom stereocenters. The number of hydrogen-bond donors (Lipinski definition) is 0. The van der Waals surface area contributed by atoms with Gasteiger partial charge >= 0.3 is 10.2 Å². The van der Waals surface area contributed by atoms with E-state index < -0.39 is 16.0 Å². The predicted molar refractivity (Wildman–Crippen MR) is 40.6 cm³/mol. The van der Waals surface area contributed by atoms with Crippen LogP contribution in [-0.4, -0.2) is 24.1 Å². The van der Waals surface area contributed by atoms with Gasteiger partial charge in [0.1, 0.15) is 5.82 Å². The van der Waals surface area contributed by atoms with Gasteiger partial charge in [-0.25, -0.2) is 9.97 Å². The second-order valence-electron chi connectivity index (χ2n) is 2.16. The van der Waals surface area contributed by atoms with Gasteiger partial charge in [0.15, 0.2) is 0 Å². The lowest BCUT2D eigenvalue weighted by molar-refractivity contribution is 0.550. The minimum absolute atomic E-state index is 0.0136. The number of halogens is 1. The van der Waals surface area contributed by atoms with Crippen LogP contribution in [0.4, 0.5) is 3.89 Å². The second-order valence-corrected chi connectivity index (χ2v) is 3.64. The first kappa shape index (κ1) is 9.05. The third kappa shape index (κ3) is 3.38. The normalized spacial score (nSPS) is 11.4. The van der Waals surface area contributed by atoms with E-state index in [2.05, 4.69) is 9.97 Å². The zero-order valence-corrected chi connectivity index (χ0v) is 6.96. The van der Waals surface area contributed by atoms with E-state index >= 15 is 0 Å². The van der Waals surface area contributed by atoms with Crippen molar-refractivity contribution in [3.8, 4) is 0 Å². The number of hydrogen-bond acceptors (Lipinski definition) is 4. The molecule has 0 aromatic carbocycles. The first-order chi connectivity index (χ1) is 5.58. The monoisotopic (exact) mass is 190 g/mol. The Morgan fingerprint density at radius 2 is 1.92 bits per heavy atom. The molecule has 1 aromatic heterocycles. The molecule has 0 saturated carbocycles. The van der Waals surface area contributed by atoms with E-state index in [9.17, 15) is 12.3 Å². The summed E-state index contributed by atoms with van der Waals surface area (Å²) in [6.45, 7) is 0. The second kappa shape index (κ2) is 3.57. The molecule has 6 heteroatoms. The Hall–Kier alpha value is -1.04. The van der Waals surface area contributed by atoms with Crippen molar-refractivity contribution >= 4 is 10.2 Å². The fraction of sp³-hybridized carbons (Fsp3) is 0.333. The van der Waals surface area contributed by atoms with Crippen LogP contribution in [0.2, 0.25) is 0 Å². The zero-order chi connectivity index (χ0) is 9.03. The predicted octanol–water partition coefficient (Wildman–Crippen LogP) is 0.318. The van der Waals surface area contributed by atoms with Crippen LogP contribution < -0.4 is 0 Å².